The standard InChI is InChI=1S/C19H16N2O/c20-13-16-4-3-5-18(12-16)19(22)17-8-6-15(7-9-17)14-21-10-1-2-11-21/h1-9,12H,10-11,14H2. The summed E-state index contributed by atoms with van der Waals surface area (Å²) in [5.41, 5.74) is 2.91. The van der Waals surface area contributed by atoms with Gasteiger partial charge in [-0.15, -0.1) is 0 Å². The summed E-state index contributed by atoms with van der Waals surface area (Å²) in [4.78, 5) is 14.8. The van der Waals surface area contributed by atoms with Gasteiger partial charge >= 0.3 is 0 Å². The molecule has 0 aromatic heterocycles. The lowest BCUT2D eigenvalue weighted by molar-refractivity contribution is 0.103. The van der Waals surface area contributed by atoms with Gasteiger partial charge in [0.25, 0.3) is 0 Å². The molecule has 0 bridgehead atoms. The molecule has 0 saturated carbocycles. The van der Waals surface area contributed by atoms with Crippen molar-refractivity contribution in [3.63, 3.8) is 0 Å². The van der Waals surface area contributed by atoms with E-state index in [1.54, 1.807) is 24.3 Å². The van der Waals surface area contributed by atoms with Crippen LogP contribution in [0.1, 0.15) is 27.0 Å². The van der Waals surface area contributed by atoms with Crippen LogP contribution in [0.2, 0.25) is 0 Å². The molecule has 0 fully saturated rings. The first-order chi connectivity index (χ1) is 10.8. The zero-order chi connectivity index (χ0) is 15.4. The zero-order valence-electron chi connectivity index (χ0n) is 12.2. The molecule has 2 aromatic rings. The molecule has 1 aliphatic rings. The summed E-state index contributed by atoms with van der Waals surface area (Å²) < 4.78 is 0. The Bertz CT molecular complexity index is 746. The Balaban J connectivity index is 1.74. The fraction of sp³-hybridized carbons (Fsp3) is 0.158. The maximum absolute atomic E-state index is 12.4. The fourth-order valence-electron chi connectivity index (χ4n) is 2.57. The van der Waals surface area contributed by atoms with E-state index >= 15 is 0 Å². The molecule has 0 saturated heterocycles. The molecule has 0 unspecified atom stereocenters. The predicted octanol–water partition coefficient (Wildman–Crippen LogP) is 3.16. The molecule has 22 heavy (non-hydrogen) atoms. The third-order valence-corrected chi connectivity index (χ3v) is 3.77. The van der Waals surface area contributed by atoms with Crippen LogP contribution in [0.4, 0.5) is 0 Å². The molecule has 3 rings (SSSR count). The summed E-state index contributed by atoms with van der Waals surface area (Å²) in [6.07, 6.45) is 4.33. The van der Waals surface area contributed by atoms with Crippen molar-refractivity contribution in [1.29, 1.82) is 5.26 Å². The second-order valence-electron chi connectivity index (χ2n) is 5.38. The number of nitrogens with zero attached hydrogens (tertiary/aromatic N) is 2. The normalized spacial score (nSPS) is 14.0. The molecule has 1 aliphatic heterocycles. The minimum absolute atomic E-state index is 0.0495. The van der Waals surface area contributed by atoms with Gasteiger partial charge in [0, 0.05) is 30.8 Å². The topological polar surface area (TPSA) is 44.1 Å². The number of benzene rings is 2. The monoisotopic (exact) mass is 288 g/mol. The van der Waals surface area contributed by atoms with Crippen molar-refractivity contribution in [3.8, 4) is 6.07 Å². The Hall–Kier alpha value is -2.70. The van der Waals surface area contributed by atoms with Crippen LogP contribution in [0, 0.1) is 11.3 Å². The smallest absolute Gasteiger partial charge is 0.193 e. The number of ketones is 1. The van der Waals surface area contributed by atoms with Crippen LogP contribution >= 0.6 is 0 Å². The SMILES string of the molecule is N#Cc1cccc(C(=O)c2ccc(CN3CC=CC3)cc2)c1. The first-order valence-electron chi connectivity index (χ1n) is 7.27. The Morgan fingerprint density at radius 1 is 1.05 bits per heavy atom. The van der Waals surface area contributed by atoms with Gasteiger partial charge in [-0.25, -0.2) is 0 Å². The highest BCUT2D eigenvalue weighted by Crippen LogP contribution is 2.14. The summed E-state index contributed by atoms with van der Waals surface area (Å²) in [5, 5.41) is 8.92. The van der Waals surface area contributed by atoms with Crippen LogP contribution < -0.4 is 0 Å². The van der Waals surface area contributed by atoms with E-state index in [-0.39, 0.29) is 5.78 Å². The maximum Gasteiger partial charge on any atom is 0.193 e. The average molecular weight is 288 g/mol. The molecule has 1 heterocycles. The Morgan fingerprint density at radius 2 is 1.77 bits per heavy atom. The zero-order valence-corrected chi connectivity index (χ0v) is 12.2. The summed E-state index contributed by atoms with van der Waals surface area (Å²) >= 11 is 0. The quantitative estimate of drug-likeness (QED) is 0.641. The second-order valence-corrected chi connectivity index (χ2v) is 5.38. The van der Waals surface area contributed by atoms with Crippen molar-refractivity contribution < 1.29 is 4.79 Å². The molecule has 3 nitrogen and oxygen atoms in total. The summed E-state index contributed by atoms with van der Waals surface area (Å²) in [5.74, 6) is -0.0495. The number of hydrogen-bond donors (Lipinski definition) is 0. The number of carbonyl (C=O) groups excluding carboxylic acids is 1. The molecule has 3 heteroatoms. The van der Waals surface area contributed by atoms with E-state index < -0.39 is 0 Å². The van der Waals surface area contributed by atoms with Gasteiger partial charge in [0.15, 0.2) is 5.78 Å². The number of nitriles is 1. The van der Waals surface area contributed by atoms with Gasteiger partial charge in [-0.1, -0.05) is 48.6 Å². The Labute approximate surface area is 130 Å². The average Bonchev–Trinajstić information content (AvgIpc) is 3.08. The van der Waals surface area contributed by atoms with Crippen LogP contribution in [0.15, 0.2) is 60.7 Å². The van der Waals surface area contributed by atoms with Crippen molar-refractivity contribution in [2.24, 2.45) is 0 Å². The van der Waals surface area contributed by atoms with Gasteiger partial charge in [-0.3, -0.25) is 9.69 Å². The first kappa shape index (κ1) is 14.2. The van der Waals surface area contributed by atoms with Crippen LogP contribution in [-0.4, -0.2) is 23.8 Å². The molecule has 2 aromatic carbocycles. The lowest BCUT2D eigenvalue weighted by Crippen LogP contribution is -2.19. The lowest BCUT2D eigenvalue weighted by Gasteiger charge is -2.14. The molecular formula is C19H16N2O. The van der Waals surface area contributed by atoms with Gasteiger partial charge in [0.1, 0.15) is 0 Å². The molecular weight excluding hydrogens is 272 g/mol. The molecule has 0 atom stereocenters. The highest BCUT2D eigenvalue weighted by Gasteiger charge is 2.11. The van der Waals surface area contributed by atoms with E-state index in [9.17, 15) is 4.79 Å². The maximum atomic E-state index is 12.4. The van der Waals surface area contributed by atoms with Gasteiger partial charge in [0.05, 0.1) is 11.6 Å². The molecule has 108 valence electrons. The lowest BCUT2D eigenvalue weighted by atomic mass is 10.0. The van der Waals surface area contributed by atoms with E-state index in [0.29, 0.717) is 16.7 Å². The number of carbonyl (C=O) groups is 1. The van der Waals surface area contributed by atoms with Crippen LogP contribution in [0.3, 0.4) is 0 Å². The number of rotatable bonds is 4. The minimum atomic E-state index is -0.0495. The predicted molar refractivity (Wildman–Crippen MR) is 85.4 cm³/mol. The van der Waals surface area contributed by atoms with E-state index in [1.165, 1.54) is 5.56 Å². The molecule has 0 spiro atoms. The minimum Gasteiger partial charge on any atom is -0.292 e. The fourth-order valence-corrected chi connectivity index (χ4v) is 2.57. The molecule has 0 radical (unpaired) electrons. The summed E-state index contributed by atoms with van der Waals surface area (Å²) in [7, 11) is 0. The molecule has 0 aliphatic carbocycles. The van der Waals surface area contributed by atoms with Gasteiger partial charge in [-0.2, -0.15) is 5.26 Å². The van der Waals surface area contributed by atoms with Gasteiger partial charge in [-0.05, 0) is 17.7 Å². The van der Waals surface area contributed by atoms with E-state index in [4.69, 9.17) is 5.26 Å². The second kappa shape index (κ2) is 6.38. The van der Waals surface area contributed by atoms with Crippen molar-refractivity contribution >= 4 is 5.78 Å². The molecule has 0 amide bonds. The summed E-state index contributed by atoms with van der Waals surface area (Å²) in [6.45, 7) is 2.87. The van der Waals surface area contributed by atoms with Crippen molar-refractivity contribution in [1.82, 2.24) is 4.90 Å². The van der Waals surface area contributed by atoms with E-state index in [2.05, 4.69) is 23.1 Å². The van der Waals surface area contributed by atoms with Crippen LogP contribution in [0.25, 0.3) is 0 Å². The molecule has 0 N–H and O–H groups in total. The van der Waals surface area contributed by atoms with Crippen molar-refractivity contribution in [2.45, 2.75) is 6.54 Å². The first-order valence-corrected chi connectivity index (χ1v) is 7.27. The van der Waals surface area contributed by atoms with Crippen LogP contribution in [0.5, 0.6) is 0 Å². The Morgan fingerprint density at radius 3 is 2.45 bits per heavy atom. The van der Waals surface area contributed by atoms with E-state index in [1.807, 2.05) is 24.3 Å². The largest absolute Gasteiger partial charge is 0.292 e. The van der Waals surface area contributed by atoms with Crippen molar-refractivity contribution in [2.75, 3.05) is 13.1 Å². The highest BCUT2D eigenvalue weighted by atomic mass is 16.1. The van der Waals surface area contributed by atoms with Gasteiger partial charge in [0.2, 0.25) is 0 Å². The van der Waals surface area contributed by atoms with E-state index in [0.717, 1.165) is 19.6 Å². The van der Waals surface area contributed by atoms with Crippen molar-refractivity contribution in [3.05, 3.63) is 82.9 Å². The third-order valence-electron chi connectivity index (χ3n) is 3.77. The Kier molecular flexibility index (Phi) is 4.13. The third kappa shape index (κ3) is 3.13. The highest BCUT2D eigenvalue weighted by molar-refractivity contribution is 6.09. The van der Waals surface area contributed by atoms with Gasteiger partial charge < -0.3 is 0 Å². The summed E-state index contributed by atoms with van der Waals surface area (Å²) in [6, 6.07) is 16.6. The number of hydrogen-bond acceptors (Lipinski definition) is 3. The van der Waals surface area contributed by atoms with Crippen LogP contribution in [-0.2, 0) is 6.54 Å².